The molecule has 3 heteroatoms. The molecule has 0 aliphatic carbocycles. The van der Waals surface area contributed by atoms with Gasteiger partial charge in [0, 0.05) is 31.6 Å². The Morgan fingerprint density at radius 2 is 0.727 bits per heavy atom. The third-order valence-electron chi connectivity index (χ3n) is 5.62. The molecule has 1 heterocycles. The van der Waals surface area contributed by atoms with Crippen LogP contribution in [0.3, 0.4) is 0 Å². The smallest absolute Gasteiger partial charge is 0.0361 e. The van der Waals surface area contributed by atoms with Gasteiger partial charge in [0.05, 0.1) is 0 Å². The number of nitrogens with two attached hydrogens (primary N) is 2. The summed E-state index contributed by atoms with van der Waals surface area (Å²) in [7, 11) is 0. The summed E-state index contributed by atoms with van der Waals surface area (Å²) in [5.74, 6) is 0. The zero-order chi connectivity index (χ0) is 22.6. The van der Waals surface area contributed by atoms with Crippen molar-refractivity contribution in [1.29, 1.82) is 0 Å². The molecule has 0 saturated carbocycles. The van der Waals surface area contributed by atoms with Crippen LogP contribution >= 0.6 is 11.3 Å². The average Bonchev–Trinajstić information content (AvgIpc) is 3.32. The molecule has 2 nitrogen and oxygen atoms in total. The predicted octanol–water partition coefficient (Wildman–Crippen LogP) is 5.41. The zero-order valence-electron chi connectivity index (χ0n) is 18.1. The molecular formula is C30H24N2S. The maximum absolute atomic E-state index is 5.97. The summed E-state index contributed by atoms with van der Waals surface area (Å²) >= 11 is 1.80. The maximum atomic E-state index is 5.97. The third kappa shape index (κ3) is 4.45. The quantitative estimate of drug-likeness (QED) is 0.364. The molecule has 0 saturated heterocycles. The lowest BCUT2D eigenvalue weighted by Gasteiger charge is -2.09. The first-order valence-electron chi connectivity index (χ1n) is 10.9. The number of thiophene rings is 1. The Hall–Kier alpha value is -4.08. The zero-order valence-corrected chi connectivity index (χ0v) is 18.9. The lowest BCUT2D eigenvalue weighted by atomic mass is 9.97. The van der Waals surface area contributed by atoms with E-state index in [0.717, 1.165) is 22.5 Å². The number of anilines is 2. The van der Waals surface area contributed by atoms with Crippen molar-refractivity contribution in [2.24, 2.45) is 0 Å². The van der Waals surface area contributed by atoms with Crippen LogP contribution in [-0.2, 0) is 0 Å². The first-order chi connectivity index (χ1) is 16.2. The van der Waals surface area contributed by atoms with Crippen LogP contribution in [0.25, 0.3) is 11.1 Å². The molecule has 33 heavy (non-hydrogen) atoms. The SMILES string of the molecule is Nc1ccc(/C(c2ccccc2)=c2\cc/c(=C(/c3ccccc3)c3ccc(N)cc3)s2)cc1. The van der Waals surface area contributed by atoms with Crippen LogP contribution in [0.5, 0.6) is 0 Å². The molecule has 0 radical (unpaired) electrons. The topological polar surface area (TPSA) is 52.0 Å². The van der Waals surface area contributed by atoms with Crippen LogP contribution in [0.4, 0.5) is 11.4 Å². The second-order valence-electron chi connectivity index (χ2n) is 7.89. The summed E-state index contributed by atoms with van der Waals surface area (Å²) in [6.07, 6.45) is 0. The molecule has 0 fully saturated rings. The van der Waals surface area contributed by atoms with Crippen molar-refractivity contribution in [2.45, 2.75) is 0 Å². The Labute approximate surface area is 197 Å². The van der Waals surface area contributed by atoms with Gasteiger partial charge in [-0.05, 0) is 58.7 Å². The van der Waals surface area contributed by atoms with Gasteiger partial charge in [-0.3, -0.25) is 0 Å². The summed E-state index contributed by atoms with van der Waals surface area (Å²) < 4.78 is 2.43. The first-order valence-corrected chi connectivity index (χ1v) is 11.7. The summed E-state index contributed by atoms with van der Waals surface area (Å²) in [4.78, 5) is 0. The lowest BCUT2D eigenvalue weighted by molar-refractivity contribution is 1.52. The van der Waals surface area contributed by atoms with Crippen molar-refractivity contribution in [3.63, 3.8) is 0 Å². The average molecular weight is 445 g/mol. The molecule has 4 N–H and O–H groups in total. The van der Waals surface area contributed by atoms with Gasteiger partial charge in [0.1, 0.15) is 0 Å². The summed E-state index contributed by atoms with van der Waals surface area (Å²) in [6.45, 7) is 0. The van der Waals surface area contributed by atoms with Gasteiger partial charge in [-0.2, -0.15) is 0 Å². The molecule has 0 atom stereocenters. The van der Waals surface area contributed by atoms with Gasteiger partial charge >= 0.3 is 0 Å². The molecule has 4 aromatic carbocycles. The number of hydrogen-bond acceptors (Lipinski definition) is 3. The number of benzene rings is 4. The molecule has 0 unspecified atom stereocenters. The van der Waals surface area contributed by atoms with Gasteiger partial charge in [-0.1, -0.05) is 84.9 Å². The third-order valence-corrected chi connectivity index (χ3v) is 6.74. The van der Waals surface area contributed by atoms with E-state index in [4.69, 9.17) is 11.5 Å². The van der Waals surface area contributed by atoms with Crippen molar-refractivity contribution in [2.75, 3.05) is 11.5 Å². The van der Waals surface area contributed by atoms with Crippen LogP contribution in [0.2, 0.25) is 0 Å². The fourth-order valence-electron chi connectivity index (χ4n) is 4.02. The van der Waals surface area contributed by atoms with Gasteiger partial charge in [0.2, 0.25) is 0 Å². The maximum Gasteiger partial charge on any atom is 0.0361 e. The van der Waals surface area contributed by atoms with E-state index in [9.17, 15) is 0 Å². The molecular weight excluding hydrogens is 420 g/mol. The highest BCUT2D eigenvalue weighted by Crippen LogP contribution is 2.24. The molecule has 0 aliphatic rings. The molecule has 1 aromatic heterocycles. The Balaban J connectivity index is 1.82. The number of rotatable bonds is 4. The second kappa shape index (κ2) is 9.19. The van der Waals surface area contributed by atoms with Crippen LogP contribution in [0.1, 0.15) is 22.3 Å². The summed E-state index contributed by atoms with van der Waals surface area (Å²) in [5.41, 5.74) is 20.5. The Morgan fingerprint density at radius 1 is 0.394 bits per heavy atom. The minimum atomic E-state index is 0.765. The first kappa shape index (κ1) is 20.8. The number of hydrogen-bond donors (Lipinski definition) is 2. The van der Waals surface area contributed by atoms with E-state index in [1.807, 2.05) is 36.4 Å². The van der Waals surface area contributed by atoms with Gasteiger partial charge in [0.25, 0.3) is 0 Å². The van der Waals surface area contributed by atoms with Crippen molar-refractivity contribution in [3.8, 4) is 0 Å². The molecule has 5 aromatic rings. The van der Waals surface area contributed by atoms with Crippen molar-refractivity contribution in [3.05, 3.63) is 153 Å². The highest BCUT2D eigenvalue weighted by atomic mass is 32.1. The van der Waals surface area contributed by atoms with Gasteiger partial charge in [0.15, 0.2) is 0 Å². The fourth-order valence-corrected chi connectivity index (χ4v) is 5.20. The summed E-state index contributed by atoms with van der Waals surface area (Å²) in [5, 5.41) is 0. The minimum absolute atomic E-state index is 0.765. The van der Waals surface area contributed by atoms with E-state index in [-0.39, 0.29) is 0 Å². The molecule has 0 amide bonds. The second-order valence-corrected chi connectivity index (χ2v) is 8.97. The van der Waals surface area contributed by atoms with Crippen molar-refractivity contribution < 1.29 is 0 Å². The van der Waals surface area contributed by atoms with E-state index in [0.29, 0.717) is 0 Å². The van der Waals surface area contributed by atoms with Crippen LogP contribution in [0, 0.1) is 0 Å². The largest absolute Gasteiger partial charge is 0.399 e. The molecule has 0 bridgehead atoms. The Kier molecular flexibility index (Phi) is 5.79. The van der Waals surface area contributed by atoms with Gasteiger partial charge in [-0.15, -0.1) is 11.3 Å². The predicted molar refractivity (Wildman–Crippen MR) is 141 cm³/mol. The molecule has 160 valence electrons. The molecule has 5 rings (SSSR count). The molecule has 0 spiro atoms. The van der Waals surface area contributed by atoms with Crippen LogP contribution in [-0.4, -0.2) is 0 Å². The van der Waals surface area contributed by atoms with E-state index in [1.54, 1.807) is 11.3 Å². The fraction of sp³-hybridized carbons (Fsp3) is 0. The normalized spacial score (nSPS) is 12.8. The Bertz CT molecular complexity index is 1370. The minimum Gasteiger partial charge on any atom is -0.399 e. The van der Waals surface area contributed by atoms with Gasteiger partial charge < -0.3 is 11.5 Å². The van der Waals surface area contributed by atoms with E-state index < -0.39 is 0 Å². The van der Waals surface area contributed by atoms with Crippen LogP contribution < -0.4 is 20.5 Å². The monoisotopic (exact) mass is 444 g/mol. The van der Waals surface area contributed by atoms with Crippen molar-refractivity contribution in [1.82, 2.24) is 0 Å². The summed E-state index contributed by atoms with van der Waals surface area (Å²) in [6, 6.07) is 41.7. The lowest BCUT2D eigenvalue weighted by Crippen LogP contribution is -2.06. The highest BCUT2D eigenvalue weighted by molar-refractivity contribution is 7.08. The van der Waals surface area contributed by atoms with E-state index >= 15 is 0 Å². The standard InChI is InChI=1S/C30H24N2S/c31-25-15-11-23(12-16-25)29(21-7-3-1-4-8-21)27-19-20-28(33-27)30(22-9-5-2-6-10-22)24-13-17-26(32)18-14-24/h1-20H,31-32H2/b29-27+,30-28+. The van der Waals surface area contributed by atoms with Crippen LogP contribution in [0.15, 0.2) is 121 Å². The van der Waals surface area contributed by atoms with Crippen molar-refractivity contribution >= 4 is 33.9 Å². The number of nitrogen functional groups attached to an aromatic ring is 2. The Morgan fingerprint density at radius 3 is 1.09 bits per heavy atom. The van der Waals surface area contributed by atoms with Gasteiger partial charge in [-0.25, -0.2) is 0 Å². The molecule has 0 aliphatic heterocycles. The van der Waals surface area contributed by atoms with E-state index in [1.165, 1.54) is 31.3 Å². The van der Waals surface area contributed by atoms with E-state index in [2.05, 4.69) is 84.9 Å². The highest BCUT2D eigenvalue weighted by Gasteiger charge is 2.10.